The number of methoxy groups -OCH3 is 1. The van der Waals surface area contributed by atoms with E-state index in [1.54, 1.807) is 30.7 Å². The van der Waals surface area contributed by atoms with E-state index in [1.807, 2.05) is 12.1 Å². The van der Waals surface area contributed by atoms with Gasteiger partial charge in [-0.15, -0.1) is 11.3 Å². The zero-order valence-electron chi connectivity index (χ0n) is 16.8. The number of nitrogens with one attached hydrogen (secondary N) is 1. The topological polar surface area (TPSA) is 73.2 Å². The van der Waals surface area contributed by atoms with Crippen LogP contribution in [-0.4, -0.2) is 28.3 Å². The van der Waals surface area contributed by atoms with Crippen LogP contribution in [-0.2, 0) is 11.3 Å². The molecule has 0 saturated heterocycles. The Balaban J connectivity index is 1.55. The third-order valence-corrected chi connectivity index (χ3v) is 6.37. The van der Waals surface area contributed by atoms with Crippen molar-refractivity contribution in [3.8, 4) is 11.4 Å². The van der Waals surface area contributed by atoms with Crippen LogP contribution in [0.3, 0.4) is 0 Å². The van der Waals surface area contributed by atoms with E-state index in [1.165, 1.54) is 11.3 Å². The molecule has 1 N–H and O–H groups in total. The van der Waals surface area contributed by atoms with Crippen molar-refractivity contribution < 1.29 is 18.3 Å². The van der Waals surface area contributed by atoms with E-state index in [4.69, 9.17) is 4.74 Å². The lowest BCUT2D eigenvalue weighted by atomic mass is 10.2. The Morgan fingerprint density at radius 1 is 1.16 bits per heavy atom. The van der Waals surface area contributed by atoms with Crippen molar-refractivity contribution in [2.45, 2.75) is 11.7 Å². The van der Waals surface area contributed by atoms with Crippen LogP contribution < -0.4 is 15.6 Å². The quantitative estimate of drug-likeness (QED) is 0.323. The molecule has 2 aromatic carbocycles. The molecule has 2 aromatic heterocycles. The molecule has 1 amide bonds. The number of carbonyl (C=O) groups excluding carboxylic acids is 1. The lowest BCUT2D eigenvalue weighted by Crippen LogP contribution is -2.26. The van der Waals surface area contributed by atoms with Crippen LogP contribution >= 0.6 is 23.1 Å². The highest BCUT2D eigenvalue weighted by Crippen LogP contribution is 2.24. The smallest absolute Gasteiger partial charge is 0.276 e. The van der Waals surface area contributed by atoms with Crippen LogP contribution in [0.1, 0.15) is 5.56 Å². The third-order valence-electron chi connectivity index (χ3n) is 4.54. The van der Waals surface area contributed by atoms with E-state index in [-0.39, 0.29) is 22.5 Å². The van der Waals surface area contributed by atoms with Crippen molar-refractivity contribution in [1.82, 2.24) is 14.9 Å². The summed E-state index contributed by atoms with van der Waals surface area (Å²) in [5.41, 5.74) is 0.927. The molecule has 4 aromatic rings. The molecule has 32 heavy (non-hydrogen) atoms. The molecular formula is C22H17F2N3O3S2. The maximum absolute atomic E-state index is 13.8. The Hall–Kier alpha value is -3.24. The average molecular weight is 474 g/mol. The van der Waals surface area contributed by atoms with Crippen LogP contribution in [0.5, 0.6) is 5.75 Å². The minimum Gasteiger partial charge on any atom is -0.497 e. The summed E-state index contributed by atoms with van der Waals surface area (Å²) in [6.07, 6.45) is 0. The van der Waals surface area contributed by atoms with Crippen LogP contribution in [0.15, 0.2) is 63.9 Å². The number of rotatable bonds is 7. The van der Waals surface area contributed by atoms with Gasteiger partial charge in [-0.2, -0.15) is 0 Å². The van der Waals surface area contributed by atoms with Gasteiger partial charge in [-0.25, -0.2) is 13.8 Å². The van der Waals surface area contributed by atoms with Gasteiger partial charge in [-0.05, 0) is 41.3 Å². The van der Waals surface area contributed by atoms with Gasteiger partial charge in [0, 0.05) is 12.6 Å². The molecule has 0 atom stereocenters. The Labute approximate surface area is 189 Å². The molecule has 0 aliphatic rings. The fourth-order valence-electron chi connectivity index (χ4n) is 3.01. The van der Waals surface area contributed by atoms with Gasteiger partial charge in [0.1, 0.15) is 22.1 Å². The number of hydrogen-bond acceptors (Lipinski definition) is 6. The second kappa shape index (κ2) is 9.49. The Morgan fingerprint density at radius 2 is 1.88 bits per heavy atom. The predicted molar refractivity (Wildman–Crippen MR) is 121 cm³/mol. The number of thiophene rings is 1. The van der Waals surface area contributed by atoms with E-state index in [2.05, 4.69) is 10.3 Å². The van der Waals surface area contributed by atoms with E-state index < -0.39 is 17.2 Å². The normalized spacial score (nSPS) is 11.0. The Morgan fingerprint density at radius 3 is 2.56 bits per heavy atom. The summed E-state index contributed by atoms with van der Waals surface area (Å²) in [5, 5.41) is 4.68. The number of benzene rings is 2. The van der Waals surface area contributed by atoms with E-state index in [0.29, 0.717) is 16.8 Å². The molecule has 6 nitrogen and oxygen atoms in total. The second-order valence-corrected chi connectivity index (χ2v) is 8.57. The molecule has 4 rings (SSSR count). The van der Waals surface area contributed by atoms with Gasteiger partial charge in [-0.1, -0.05) is 23.9 Å². The van der Waals surface area contributed by atoms with E-state index >= 15 is 0 Å². The zero-order valence-corrected chi connectivity index (χ0v) is 18.4. The van der Waals surface area contributed by atoms with E-state index in [9.17, 15) is 18.4 Å². The minimum atomic E-state index is -0.814. The van der Waals surface area contributed by atoms with Crippen molar-refractivity contribution in [1.29, 1.82) is 0 Å². The van der Waals surface area contributed by atoms with Crippen molar-refractivity contribution in [3.63, 3.8) is 0 Å². The highest BCUT2D eigenvalue weighted by atomic mass is 32.2. The second-order valence-electron chi connectivity index (χ2n) is 6.71. The fourth-order valence-corrected chi connectivity index (χ4v) is 4.61. The summed E-state index contributed by atoms with van der Waals surface area (Å²) >= 11 is 2.21. The van der Waals surface area contributed by atoms with Crippen molar-refractivity contribution in [3.05, 3.63) is 81.5 Å². The summed E-state index contributed by atoms with van der Waals surface area (Å²) in [4.78, 5) is 29.8. The first-order valence-corrected chi connectivity index (χ1v) is 11.3. The third kappa shape index (κ3) is 4.81. The first-order valence-electron chi connectivity index (χ1n) is 9.44. The van der Waals surface area contributed by atoms with Gasteiger partial charge in [0.25, 0.3) is 5.56 Å². The van der Waals surface area contributed by atoms with Gasteiger partial charge in [0.05, 0.1) is 24.1 Å². The fraction of sp³-hybridized carbons (Fsp3) is 0.136. The van der Waals surface area contributed by atoms with E-state index in [0.717, 1.165) is 45.8 Å². The summed E-state index contributed by atoms with van der Waals surface area (Å²) in [7, 11) is 1.58. The number of amides is 1. The van der Waals surface area contributed by atoms with Gasteiger partial charge < -0.3 is 10.1 Å². The maximum atomic E-state index is 13.8. The monoisotopic (exact) mass is 473 g/mol. The molecule has 0 radical (unpaired) electrons. The molecule has 0 saturated carbocycles. The number of halogens is 2. The van der Waals surface area contributed by atoms with Gasteiger partial charge in [-0.3, -0.25) is 14.2 Å². The first-order chi connectivity index (χ1) is 15.4. The van der Waals surface area contributed by atoms with Crippen molar-refractivity contribution in [2.24, 2.45) is 0 Å². The largest absolute Gasteiger partial charge is 0.497 e. The zero-order chi connectivity index (χ0) is 22.7. The number of nitrogens with zero attached hydrogens (tertiary/aromatic N) is 2. The molecule has 0 unspecified atom stereocenters. The molecule has 0 fully saturated rings. The maximum Gasteiger partial charge on any atom is 0.276 e. The molecule has 10 heteroatoms. The number of ether oxygens (including phenoxy) is 1. The van der Waals surface area contributed by atoms with Crippen LogP contribution in [0.4, 0.5) is 8.78 Å². The number of hydrogen-bond donors (Lipinski definition) is 1. The Kier molecular flexibility index (Phi) is 6.52. The van der Waals surface area contributed by atoms with Gasteiger partial charge in [0.15, 0.2) is 5.16 Å². The van der Waals surface area contributed by atoms with Crippen molar-refractivity contribution >= 4 is 39.2 Å². The number of aromatic nitrogens is 2. The van der Waals surface area contributed by atoms with Crippen LogP contribution in [0, 0.1) is 11.6 Å². The highest BCUT2D eigenvalue weighted by molar-refractivity contribution is 7.99. The molecule has 2 heterocycles. The van der Waals surface area contributed by atoms with Crippen LogP contribution in [0.2, 0.25) is 0 Å². The summed E-state index contributed by atoms with van der Waals surface area (Å²) in [6.45, 7) is 0.322. The summed E-state index contributed by atoms with van der Waals surface area (Å²) < 4.78 is 34.2. The first kappa shape index (κ1) is 22.0. The van der Waals surface area contributed by atoms with Crippen molar-refractivity contribution in [2.75, 3.05) is 12.9 Å². The summed E-state index contributed by atoms with van der Waals surface area (Å²) in [6, 6.07) is 11.8. The molecule has 0 spiro atoms. The highest BCUT2D eigenvalue weighted by Gasteiger charge is 2.17. The summed E-state index contributed by atoms with van der Waals surface area (Å²) in [5.74, 6) is -1.21. The number of fused-ring (bicyclic) bond motifs is 1. The standard InChI is InChI=1S/C22H17F2N3O3S2/c1-30-17-4-2-13(3-5-17)11-25-19(28)12-32-22-26-18-6-7-31-20(18)21(29)27(22)16-9-14(23)8-15(24)10-16/h2-10H,11-12H2,1H3,(H,25,28). The van der Waals surface area contributed by atoms with Gasteiger partial charge >= 0.3 is 0 Å². The lowest BCUT2D eigenvalue weighted by molar-refractivity contribution is -0.118. The molecule has 0 aliphatic heterocycles. The van der Waals surface area contributed by atoms with Gasteiger partial charge in [0.2, 0.25) is 5.91 Å². The number of carbonyl (C=O) groups is 1. The predicted octanol–water partition coefficient (Wildman–Crippen LogP) is 4.14. The molecule has 164 valence electrons. The lowest BCUT2D eigenvalue weighted by Gasteiger charge is -2.12. The minimum absolute atomic E-state index is 0.0106. The Bertz CT molecular complexity index is 1320. The SMILES string of the molecule is COc1ccc(CNC(=O)CSc2nc3ccsc3c(=O)n2-c2cc(F)cc(F)c2)cc1. The molecule has 0 bridgehead atoms. The number of thioether (sulfide) groups is 1. The molecular weight excluding hydrogens is 456 g/mol. The average Bonchev–Trinajstić information content (AvgIpc) is 3.25. The molecule has 0 aliphatic carbocycles. The van der Waals surface area contributed by atoms with Crippen LogP contribution in [0.25, 0.3) is 15.9 Å².